The SMILES string of the molecule is Cl.Cn1cc(-c2ccc3nc(-c4cnn(CC(C)(C)O)c4)nc(N4CCNC[C@@H]4c4ccccc4)c3c2)ccc1=O. The largest absolute Gasteiger partial charge is 0.389 e. The minimum atomic E-state index is -0.889. The first-order valence-corrected chi connectivity index (χ1v) is 13.5. The maximum Gasteiger partial charge on any atom is 0.250 e. The summed E-state index contributed by atoms with van der Waals surface area (Å²) in [4.78, 5) is 24.5. The molecule has 41 heavy (non-hydrogen) atoms. The van der Waals surface area contributed by atoms with Crippen molar-refractivity contribution in [3.63, 3.8) is 0 Å². The van der Waals surface area contributed by atoms with Gasteiger partial charge in [-0.05, 0) is 48.7 Å². The number of aryl methyl sites for hydroxylation is 1. The van der Waals surface area contributed by atoms with E-state index in [2.05, 4.69) is 45.6 Å². The molecule has 0 radical (unpaired) electrons. The fourth-order valence-electron chi connectivity index (χ4n) is 5.30. The molecule has 10 heteroatoms. The number of aliphatic hydroxyl groups is 1. The molecule has 0 saturated carbocycles. The van der Waals surface area contributed by atoms with Crippen LogP contribution in [-0.2, 0) is 13.6 Å². The monoisotopic (exact) mass is 571 g/mol. The van der Waals surface area contributed by atoms with Crippen LogP contribution in [0.25, 0.3) is 33.4 Å². The van der Waals surface area contributed by atoms with Crippen LogP contribution in [0.5, 0.6) is 0 Å². The summed E-state index contributed by atoms with van der Waals surface area (Å²) in [7, 11) is 1.76. The van der Waals surface area contributed by atoms with E-state index < -0.39 is 5.60 Å². The molecule has 1 fully saturated rings. The van der Waals surface area contributed by atoms with Crippen molar-refractivity contribution in [2.24, 2.45) is 7.05 Å². The summed E-state index contributed by atoms with van der Waals surface area (Å²) in [6.45, 7) is 6.31. The van der Waals surface area contributed by atoms with Crippen LogP contribution in [0.15, 0.2) is 84.0 Å². The fourth-order valence-corrected chi connectivity index (χ4v) is 5.30. The van der Waals surface area contributed by atoms with Crippen LogP contribution in [0.3, 0.4) is 0 Å². The molecule has 0 aliphatic carbocycles. The summed E-state index contributed by atoms with van der Waals surface area (Å²) in [6, 6.07) is 20.2. The average Bonchev–Trinajstić information content (AvgIpc) is 3.41. The summed E-state index contributed by atoms with van der Waals surface area (Å²) in [5, 5.41) is 19.2. The molecule has 0 bridgehead atoms. The lowest BCUT2D eigenvalue weighted by Crippen LogP contribution is -2.46. The van der Waals surface area contributed by atoms with Crippen LogP contribution in [0, 0.1) is 0 Å². The number of halogens is 1. The molecular formula is C31H34ClN7O2. The Balaban J connectivity index is 0.00000337. The number of hydrogen-bond donors (Lipinski definition) is 2. The summed E-state index contributed by atoms with van der Waals surface area (Å²) < 4.78 is 3.32. The van der Waals surface area contributed by atoms with Crippen molar-refractivity contribution < 1.29 is 5.11 Å². The molecule has 1 aliphatic rings. The van der Waals surface area contributed by atoms with Gasteiger partial charge in [-0.2, -0.15) is 5.10 Å². The first kappa shape index (κ1) is 28.5. The summed E-state index contributed by atoms with van der Waals surface area (Å²) in [5.74, 6) is 1.45. The number of aromatic nitrogens is 5. The van der Waals surface area contributed by atoms with Gasteiger partial charge in [0.1, 0.15) is 5.82 Å². The summed E-state index contributed by atoms with van der Waals surface area (Å²) >= 11 is 0. The lowest BCUT2D eigenvalue weighted by molar-refractivity contribution is 0.0577. The number of pyridine rings is 1. The normalized spacial score (nSPS) is 15.6. The van der Waals surface area contributed by atoms with Crippen LogP contribution < -0.4 is 15.8 Å². The molecule has 6 rings (SSSR count). The minimum absolute atomic E-state index is 0. The number of hydrogen-bond acceptors (Lipinski definition) is 7. The molecule has 0 unspecified atom stereocenters. The molecule has 1 atom stereocenters. The van der Waals surface area contributed by atoms with E-state index in [1.54, 1.807) is 42.4 Å². The molecule has 1 aliphatic heterocycles. The Morgan fingerprint density at radius 3 is 2.54 bits per heavy atom. The third-order valence-corrected chi connectivity index (χ3v) is 7.23. The van der Waals surface area contributed by atoms with Crippen molar-refractivity contribution in [3.8, 4) is 22.5 Å². The van der Waals surface area contributed by atoms with Crippen LogP contribution in [0.1, 0.15) is 25.5 Å². The van der Waals surface area contributed by atoms with Crippen molar-refractivity contribution in [2.45, 2.75) is 32.0 Å². The second kappa shape index (κ2) is 11.4. The van der Waals surface area contributed by atoms with Crippen molar-refractivity contribution >= 4 is 29.1 Å². The Bertz CT molecular complexity index is 1730. The molecule has 9 nitrogen and oxygen atoms in total. The van der Waals surface area contributed by atoms with Crippen LogP contribution in [0.2, 0.25) is 0 Å². The molecule has 1 saturated heterocycles. The van der Waals surface area contributed by atoms with E-state index in [0.29, 0.717) is 12.4 Å². The molecule has 0 amide bonds. The van der Waals surface area contributed by atoms with Crippen LogP contribution in [-0.4, -0.2) is 54.7 Å². The number of nitrogens with zero attached hydrogens (tertiary/aromatic N) is 6. The Morgan fingerprint density at radius 2 is 1.78 bits per heavy atom. The Labute approximate surface area is 244 Å². The smallest absolute Gasteiger partial charge is 0.250 e. The van der Waals surface area contributed by atoms with Gasteiger partial charge in [-0.15, -0.1) is 12.4 Å². The van der Waals surface area contributed by atoms with E-state index >= 15 is 0 Å². The second-order valence-electron chi connectivity index (χ2n) is 11.0. The van der Waals surface area contributed by atoms with E-state index in [0.717, 1.165) is 53.0 Å². The van der Waals surface area contributed by atoms with E-state index in [1.165, 1.54) is 5.56 Å². The third-order valence-electron chi connectivity index (χ3n) is 7.23. The lowest BCUT2D eigenvalue weighted by Gasteiger charge is -2.38. The number of benzene rings is 2. The van der Waals surface area contributed by atoms with Gasteiger partial charge in [-0.25, -0.2) is 9.97 Å². The highest BCUT2D eigenvalue weighted by Gasteiger charge is 2.28. The zero-order valence-corrected chi connectivity index (χ0v) is 24.2. The molecule has 0 spiro atoms. The van der Waals surface area contributed by atoms with Gasteiger partial charge in [0.05, 0.1) is 35.5 Å². The van der Waals surface area contributed by atoms with Crippen molar-refractivity contribution in [3.05, 3.63) is 95.2 Å². The van der Waals surface area contributed by atoms with Crippen molar-refractivity contribution in [1.29, 1.82) is 0 Å². The summed E-state index contributed by atoms with van der Waals surface area (Å²) in [5.41, 5.74) is 3.84. The van der Waals surface area contributed by atoms with Crippen LogP contribution >= 0.6 is 12.4 Å². The Morgan fingerprint density at radius 1 is 1.00 bits per heavy atom. The van der Waals surface area contributed by atoms with Crippen molar-refractivity contribution in [2.75, 3.05) is 24.5 Å². The zero-order chi connectivity index (χ0) is 27.9. The quantitative estimate of drug-likeness (QED) is 0.315. The minimum Gasteiger partial charge on any atom is -0.389 e. The summed E-state index contributed by atoms with van der Waals surface area (Å²) in [6.07, 6.45) is 5.49. The molecule has 2 aromatic carbocycles. The average molecular weight is 572 g/mol. The zero-order valence-electron chi connectivity index (χ0n) is 23.4. The van der Waals surface area contributed by atoms with Gasteiger partial charge in [0.15, 0.2) is 5.82 Å². The van der Waals surface area contributed by atoms with Gasteiger partial charge in [0.2, 0.25) is 5.56 Å². The standard InChI is InChI=1S/C31H33N7O2.ClH/c1-31(2,40)20-37-19-24(16-33-37)29-34-26-11-9-22(23-10-12-28(39)36(3)18-23)15-25(26)30(35-29)38-14-13-32-17-27(38)21-7-5-4-6-8-21;/h4-12,15-16,18-19,27,32,40H,13-14,17,20H2,1-3H3;1H/t27-;/m1./s1. The van der Waals surface area contributed by atoms with Gasteiger partial charge in [-0.1, -0.05) is 36.4 Å². The lowest BCUT2D eigenvalue weighted by atomic mass is 10.0. The predicted octanol–water partition coefficient (Wildman–Crippen LogP) is 4.20. The number of nitrogens with one attached hydrogen (secondary N) is 1. The first-order chi connectivity index (χ1) is 19.2. The van der Waals surface area contributed by atoms with Gasteiger partial charge < -0.3 is 19.9 Å². The highest BCUT2D eigenvalue weighted by atomic mass is 35.5. The van der Waals surface area contributed by atoms with E-state index in [-0.39, 0.29) is 24.0 Å². The van der Waals surface area contributed by atoms with E-state index in [4.69, 9.17) is 9.97 Å². The molecule has 5 aromatic rings. The molecule has 212 valence electrons. The topological polar surface area (TPSA) is 101 Å². The van der Waals surface area contributed by atoms with Gasteiger partial charge in [-0.3, -0.25) is 9.48 Å². The second-order valence-corrected chi connectivity index (χ2v) is 11.0. The predicted molar refractivity (Wildman–Crippen MR) is 164 cm³/mol. The third kappa shape index (κ3) is 6.02. The highest BCUT2D eigenvalue weighted by molar-refractivity contribution is 5.94. The van der Waals surface area contributed by atoms with Crippen molar-refractivity contribution in [1.82, 2.24) is 29.6 Å². The number of rotatable bonds is 6. The maximum absolute atomic E-state index is 12.0. The van der Waals surface area contributed by atoms with Gasteiger partial charge in [0.25, 0.3) is 0 Å². The maximum atomic E-state index is 12.0. The van der Waals surface area contributed by atoms with E-state index in [9.17, 15) is 9.90 Å². The number of fused-ring (bicyclic) bond motifs is 1. The van der Waals surface area contributed by atoms with Gasteiger partial charge in [0, 0.05) is 50.5 Å². The number of piperazine rings is 1. The highest BCUT2D eigenvalue weighted by Crippen LogP contribution is 2.35. The molecule has 2 N–H and O–H groups in total. The molecule has 3 aromatic heterocycles. The van der Waals surface area contributed by atoms with E-state index in [1.807, 2.05) is 36.7 Å². The fraction of sp³-hybridized carbons (Fsp3) is 0.290. The first-order valence-electron chi connectivity index (χ1n) is 13.5. The Kier molecular flexibility index (Phi) is 7.95. The van der Waals surface area contributed by atoms with Crippen LogP contribution in [0.4, 0.5) is 5.82 Å². The number of anilines is 1. The molecule has 4 heterocycles. The molecular weight excluding hydrogens is 538 g/mol. The van der Waals surface area contributed by atoms with Gasteiger partial charge >= 0.3 is 0 Å². The Hall–Kier alpha value is -4.05.